The maximum atomic E-state index is 12.2. The maximum absolute atomic E-state index is 12.2. The summed E-state index contributed by atoms with van der Waals surface area (Å²) in [5.74, 6) is 0. The number of hydrogen-bond acceptors (Lipinski definition) is 3. The van der Waals surface area contributed by atoms with Gasteiger partial charge in [0, 0.05) is 0 Å². The van der Waals surface area contributed by atoms with Crippen molar-refractivity contribution in [2.75, 3.05) is 0 Å². The first-order valence-electron chi connectivity index (χ1n) is 3.32. The van der Waals surface area contributed by atoms with Crippen LogP contribution in [0.1, 0.15) is 0 Å². The lowest BCUT2D eigenvalue weighted by molar-refractivity contribution is 0.410. The van der Waals surface area contributed by atoms with E-state index in [0.717, 1.165) is 0 Å². The van der Waals surface area contributed by atoms with E-state index in [1.807, 2.05) is 6.07 Å². The van der Waals surface area contributed by atoms with Gasteiger partial charge in [-0.05, 0) is 12.1 Å². The number of benzene rings is 1. The molecule has 0 fully saturated rings. The van der Waals surface area contributed by atoms with Crippen LogP contribution in [0.2, 0.25) is 0 Å². The predicted octanol–water partition coefficient (Wildman–Crippen LogP) is 2.59. The molecule has 0 heterocycles. The molecule has 1 aromatic rings. The van der Waals surface area contributed by atoms with E-state index in [4.69, 9.17) is 5.26 Å². The van der Waals surface area contributed by atoms with Gasteiger partial charge in [-0.1, -0.05) is 18.2 Å². The number of nitrogens with zero attached hydrogens (tertiary/aromatic N) is 3. The van der Waals surface area contributed by atoms with Crippen molar-refractivity contribution in [2.45, 2.75) is 6.30 Å². The second-order valence-corrected chi connectivity index (χ2v) is 2.02. The summed E-state index contributed by atoms with van der Waals surface area (Å²) in [5.41, 5.74) is 0.537. The van der Waals surface area contributed by atoms with Gasteiger partial charge in [0.15, 0.2) is 0 Å². The van der Waals surface area contributed by atoms with E-state index >= 15 is 0 Å². The summed E-state index contributed by atoms with van der Waals surface area (Å²) in [5, 5.41) is 14.6. The molecule has 0 aliphatic rings. The highest BCUT2D eigenvalue weighted by atomic mass is 19.1. The molecule has 60 valence electrons. The molecule has 0 radical (unpaired) electrons. The average molecular weight is 163 g/mol. The second-order valence-electron chi connectivity index (χ2n) is 2.02. The number of alkyl halides is 1. The highest BCUT2D eigenvalue weighted by Gasteiger charge is 1.97. The highest BCUT2D eigenvalue weighted by molar-refractivity contribution is 5.34. The van der Waals surface area contributed by atoms with Crippen LogP contribution in [0.15, 0.2) is 40.6 Å². The van der Waals surface area contributed by atoms with Crippen molar-refractivity contribution in [3.63, 3.8) is 0 Å². The minimum absolute atomic E-state index is 0.537. The Labute approximate surface area is 69.2 Å². The van der Waals surface area contributed by atoms with Gasteiger partial charge < -0.3 is 0 Å². The van der Waals surface area contributed by atoms with Crippen molar-refractivity contribution in [3.05, 3.63) is 30.3 Å². The molecule has 0 spiro atoms. The molecule has 1 rings (SSSR count). The first kappa shape index (κ1) is 8.34. The van der Waals surface area contributed by atoms with Crippen molar-refractivity contribution >= 4 is 5.69 Å². The lowest BCUT2D eigenvalue weighted by atomic mass is 10.3. The number of rotatable bonds is 2. The van der Waals surface area contributed by atoms with Crippen molar-refractivity contribution in [3.8, 4) is 6.07 Å². The van der Waals surface area contributed by atoms with E-state index in [9.17, 15) is 4.39 Å². The van der Waals surface area contributed by atoms with E-state index < -0.39 is 6.30 Å². The monoisotopic (exact) mass is 163 g/mol. The van der Waals surface area contributed by atoms with Crippen LogP contribution in [0.25, 0.3) is 0 Å². The molecule has 0 aliphatic heterocycles. The molecule has 0 saturated carbocycles. The summed E-state index contributed by atoms with van der Waals surface area (Å²) in [4.78, 5) is 0. The fraction of sp³-hybridized carbons (Fsp3) is 0.125. The topological polar surface area (TPSA) is 48.5 Å². The van der Waals surface area contributed by atoms with Crippen molar-refractivity contribution in [1.29, 1.82) is 5.26 Å². The Bertz CT molecular complexity index is 302. The van der Waals surface area contributed by atoms with E-state index in [2.05, 4.69) is 10.2 Å². The summed E-state index contributed by atoms with van der Waals surface area (Å²) in [7, 11) is 0. The third-order valence-corrected chi connectivity index (χ3v) is 1.14. The minimum atomic E-state index is -1.87. The number of azo groups is 1. The van der Waals surface area contributed by atoms with Gasteiger partial charge in [0.05, 0.1) is 5.69 Å². The van der Waals surface area contributed by atoms with Gasteiger partial charge in [-0.25, -0.2) is 4.39 Å². The van der Waals surface area contributed by atoms with Crippen LogP contribution in [0.4, 0.5) is 10.1 Å². The van der Waals surface area contributed by atoms with Gasteiger partial charge in [0.1, 0.15) is 6.07 Å². The lowest BCUT2D eigenvalue weighted by Crippen LogP contribution is -1.85. The van der Waals surface area contributed by atoms with Crippen LogP contribution < -0.4 is 0 Å². The van der Waals surface area contributed by atoms with Crippen LogP contribution in [0, 0.1) is 11.3 Å². The smallest absolute Gasteiger partial charge is 0.203 e. The molecule has 0 N–H and O–H groups in total. The van der Waals surface area contributed by atoms with Crippen LogP contribution in [0.5, 0.6) is 0 Å². The Balaban J connectivity index is 2.65. The zero-order valence-electron chi connectivity index (χ0n) is 6.18. The van der Waals surface area contributed by atoms with Crippen LogP contribution in [0.3, 0.4) is 0 Å². The van der Waals surface area contributed by atoms with Crippen molar-refractivity contribution in [2.24, 2.45) is 10.2 Å². The zero-order chi connectivity index (χ0) is 8.81. The minimum Gasteiger partial charge on any atom is -0.203 e. The van der Waals surface area contributed by atoms with E-state index in [-0.39, 0.29) is 0 Å². The second kappa shape index (κ2) is 4.19. The van der Waals surface area contributed by atoms with Gasteiger partial charge in [-0.3, -0.25) is 0 Å². The summed E-state index contributed by atoms with van der Waals surface area (Å²) < 4.78 is 12.2. The fourth-order valence-electron chi connectivity index (χ4n) is 0.638. The summed E-state index contributed by atoms with van der Waals surface area (Å²) >= 11 is 0. The van der Waals surface area contributed by atoms with Crippen LogP contribution in [-0.4, -0.2) is 6.30 Å². The maximum Gasteiger partial charge on any atom is 0.294 e. The largest absolute Gasteiger partial charge is 0.294 e. The van der Waals surface area contributed by atoms with Crippen LogP contribution in [-0.2, 0) is 0 Å². The van der Waals surface area contributed by atoms with Crippen LogP contribution >= 0.6 is 0 Å². The van der Waals surface area contributed by atoms with Gasteiger partial charge in [0.2, 0.25) is 0 Å². The van der Waals surface area contributed by atoms with Crippen molar-refractivity contribution < 1.29 is 4.39 Å². The first-order valence-corrected chi connectivity index (χ1v) is 3.32. The fourth-order valence-corrected chi connectivity index (χ4v) is 0.638. The SMILES string of the molecule is N#CC(F)N=Nc1ccccc1. The third-order valence-electron chi connectivity index (χ3n) is 1.14. The normalized spacial score (nSPS) is 12.7. The average Bonchev–Trinajstić information content (AvgIpc) is 2.16. The lowest BCUT2D eigenvalue weighted by Gasteiger charge is -1.89. The van der Waals surface area contributed by atoms with Gasteiger partial charge in [-0.2, -0.15) is 10.4 Å². The Morgan fingerprint density at radius 1 is 1.33 bits per heavy atom. The molecular formula is C8H6FN3. The standard InChI is InChI=1S/C8H6FN3/c9-8(6-10)12-11-7-4-2-1-3-5-7/h1-5,8H. The predicted molar refractivity (Wildman–Crippen MR) is 41.5 cm³/mol. The van der Waals surface area contributed by atoms with Gasteiger partial charge >= 0.3 is 0 Å². The molecule has 0 bridgehead atoms. The van der Waals surface area contributed by atoms with Gasteiger partial charge in [0.25, 0.3) is 6.30 Å². The summed E-state index contributed by atoms with van der Waals surface area (Å²) in [6.45, 7) is 0. The number of hydrogen-bond donors (Lipinski definition) is 0. The Morgan fingerprint density at radius 3 is 2.58 bits per heavy atom. The molecule has 0 amide bonds. The quantitative estimate of drug-likeness (QED) is 0.488. The first-order chi connectivity index (χ1) is 5.83. The molecule has 12 heavy (non-hydrogen) atoms. The number of halogens is 1. The molecule has 4 heteroatoms. The molecule has 3 nitrogen and oxygen atoms in total. The van der Waals surface area contributed by atoms with Crippen molar-refractivity contribution in [1.82, 2.24) is 0 Å². The Morgan fingerprint density at radius 2 is 2.00 bits per heavy atom. The number of nitriles is 1. The summed E-state index contributed by atoms with van der Waals surface area (Å²) in [6, 6.07) is 9.99. The Kier molecular flexibility index (Phi) is 2.91. The summed E-state index contributed by atoms with van der Waals surface area (Å²) in [6.07, 6.45) is -1.87. The molecule has 1 aromatic carbocycles. The third kappa shape index (κ3) is 2.46. The van der Waals surface area contributed by atoms with E-state index in [0.29, 0.717) is 5.69 Å². The molecule has 0 aliphatic carbocycles. The van der Waals surface area contributed by atoms with Gasteiger partial charge in [-0.15, -0.1) is 5.11 Å². The van der Waals surface area contributed by atoms with E-state index in [1.54, 1.807) is 24.3 Å². The Hall–Kier alpha value is -1.76. The molecule has 1 unspecified atom stereocenters. The zero-order valence-corrected chi connectivity index (χ0v) is 6.18. The molecule has 0 saturated heterocycles. The molecular weight excluding hydrogens is 157 g/mol. The molecule has 0 aromatic heterocycles. The van der Waals surface area contributed by atoms with E-state index in [1.165, 1.54) is 6.07 Å². The highest BCUT2D eigenvalue weighted by Crippen LogP contribution is 2.10. The molecule has 1 atom stereocenters.